The average molecular weight is 326 g/mol. The van der Waals surface area contributed by atoms with E-state index < -0.39 is 0 Å². The van der Waals surface area contributed by atoms with Crippen molar-refractivity contribution in [1.82, 2.24) is 20.2 Å². The van der Waals surface area contributed by atoms with Crippen molar-refractivity contribution >= 4 is 17.2 Å². The van der Waals surface area contributed by atoms with Gasteiger partial charge in [0.05, 0.1) is 17.4 Å². The molecule has 2 saturated heterocycles. The molecule has 2 aliphatic heterocycles. The van der Waals surface area contributed by atoms with Gasteiger partial charge in [-0.1, -0.05) is 12.5 Å². The van der Waals surface area contributed by atoms with E-state index in [1.54, 1.807) is 17.5 Å². The zero-order chi connectivity index (χ0) is 15.4. The van der Waals surface area contributed by atoms with Crippen molar-refractivity contribution in [3.8, 4) is 10.7 Å². The number of thiazole rings is 1. The Labute approximate surface area is 138 Å². The normalized spacial score (nSPS) is 32.8. The second kappa shape index (κ2) is 5.11. The number of amides is 1. The predicted octanol–water partition coefficient (Wildman–Crippen LogP) is 2.43. The maximum atomic E-state index is 12.5. The van der Waals surface area contributed by atoms with E-state index >= 15 is 0 Å². The van der Waals surface area contributed by atoms with Crippen LogP contribution in [0.1, 0.15) is 31.1 Å². The van der Waals surface area contributed by atoms with E-state index in [4.69, 9.17) is 4.98 Å². The Morgan fingerprint density at radius 3 is 3.13 bits per heavy atom. The fourth-order valence-electron chi connectivity index (χ4n) is 4.51. The summed E-state index contributed by atoms with van der Waals surface area (Å²) in [7, 11) is 0. The third-order valence-electron chi connectivity index (χ3n) is 5.49. The molecule has 118 valence electrons. The van der Waals surface area contributed by atoms with E-state index in [0.717, 1.165) is 22.9 Å². The van der Waals surface area contributed by atoms with Crippen LogP contribution in [0.15, 0.2) is 29.8 Å². The van der Waals surface area contributed by atoms with Crippen LogP contribution in [0.25, 0.3) is 10.7 Å². The molecule has 0 aromatic carbocycles. The van der Waals surface area contributed by atoms with Crippen molar-refractivity contribution in [2.24, 2.45) is 11.8 Å². The molecule has 4 heterocycles. The predicted molar refractivity (Wildman–Crippen MR) is 87.6 cm³/mol. The molecule has 3 aliphatic rings. The van der Waals surface area contributed by atoms with Gasteiger partial charge in [-0.25, -0.2) is 4.98 Å². The molecule has 0 radical (unpaired) electrons. The van der Waals surface area contributed by atoms with Gasteiger partial charge in [-0.2, -0.15) is 0 Å². The smallest absolute Gasteiger partial charge is 0.239 e. The molecule has 0 bridgehead atoms. The number of fused-ring (bicyclic) bond motifs is 3. The van der Waals surface area contributed by atoms with E-state index in [-0.39, 0.29) is 18.1 Å². The zero-order valence-corrected chi connectivity index (χ0v) is 13.5. The Morgan fingerprint density at radius 1 is 1.30 bits per heavy atom. The summed E-state index contributed by atoms with van der Waals surface area (Å²) >= 11 is 1.59. The van der Waals surface area contributed by atoms with Gasteiger partial charge in [0.25, 0.3) is 0 Å². The highest BCUT2D eigenvalue weighted by atomic mass is 32.1. The molecule has 1 aliphatic carbocycles. The van der Waals surface area contributed by atoms with Crippen LogP contribution in [0, 0.1) is 11.8 Å². The summed E-state index contributed by atoms with van der Waals surface area (Å²) in [6.07, 6.45) is 5.46. The third-order valence-corrected chi connectivity index (χ3v) is 6.37. The number of aromatic nitrogens is 2. The van der Waals surface area contributed by atoms with Gasteiger partial charge < -0.3 is 5.32 Å². The molecule has 3 fully saturated rings. The number of carbonyl (C=O) groups excluding carboxylic acids is 1. The molecule has 5 nitrogen and oxygen atoms in total. The number of pyridine rings is 1. The largest absolute Gasteiger partial charge is 0.334 e. The van der Waals surface area contributed by atoms with Crippen LogP contribution in [0.2, 0.25) is 0 Å². The molecule has 4 atom stereocenters. The first kappa shape index (κ1) is 13.6. The first-order valence-corrected chi connectivity index (χ1v) is 9.12. The summed E-state index contributed by atoms with van der Waals surface area (Å²) in [5.41, 5.74) is 1.84. The fraction of sp³-hybridized carbons (Fsp3) is 0.471. The first-order valence-electron chi connectivity index (χ1n) is 8.24. The van der Waals surface area contributed by atoms with Crippen LogP contribution in [0.4, 0.5) is 0 Å². The minimum Gasteiger partial charge on any atom is -0.334 e. The van der Waals surface area contributed by atoms with E-state index in [1.807, 2.05) is 18.2 Å². The van der Waals surface area contributed by atoms with Gasteiger partial charge in [0, 0.05) is 18.1 Å². The zero-order valence-electron chi connectivity index (χ0n) is 12.7. The lowest BCUT2D eigenvalue weighted by Crippen LogP contribution is -2.32. The van der Waals surface area contributed by atoms with Crippen LogP contribution in [0.5, 0.6) is 0 Å². The third kappa shape index (κ3) is 2.05. The van der Waals surface area contributed by atoms with Crippen molar-refractivity contribution in [2.45, 2.75) is 31.5 Å². The van der Waals surface area contributed by atoms with Gasteiger partial charge in [0.15, 0.2) is 0 Å². The Kier molecular flexibility index (Phi) is 3.03. The van der Waals surface area contributed by atoms with Gasteiger partial charge in [0.1, 0.15) is 11.2 Å². The van der Waals surface area contributed by atoms with Crippen molar-refractivity contribution in [2.75, 3.05) is 6.54 Å². The highest BCUT2D eigenvalue weighted by Crippen LogP contribution is 2.47. The van der Waals surface area contributed by atoms with Crippen molar-refractivity contribution in [3.63, 3.8) is 0 Å². The SMILES string of the molecule is O=C1NC(c2csc(-c3ccccn3)n2)N2CC3CCCC3C12. The molecule has 2 aromatic rings. The van der Waals surface area contributed by atoms with E-state index in [1.165, 1.54) is 19.3 Å². The fourth-order valence-corrected chi connectivity index (χ4v) is 5.33. The monoisotopic (exact) mass is 326 g/mol. The van der Waals surface area contributed by atoms with Gasteiger partial charge in [-0.15, -0.1) is 11.3 Å². The van der Waals surface area contributed by atoms with Crippen molar-refractivity contribution in [3.05, 3.63) is 35.5 Å². The molecular formula is C17H18N4OS. The van der Waals surface area contributed by atoms with Gasteiger partial charge in [0.2, 0.25) is 5.91 Å². The molecule has 1 saturated carbocycles. The minimum atomic E-state index is -0.0631. The lowest BCUT2D eigenvalue weighted by molar-refractivity contribution is -0.122. The lowest BCUT2D eigenvalue weighted by Gasteiger charge is -2.21. The standard InChI is InChI=1S/C17H18N4OS/c22-16-14-11-5-3-4-10(11)8-21(14)15(20-16)13-9-23-17(19-13)12-6-1-2-7-18-12/h1-2,6-7,9-11,14-15H,3-5,8H2,(H,20,22). The average Bonchev–Trinajstić information content (AvgIpc) is 3.30. The van der Waals surface area contributed by atoms with E-state index in [0.29, 0.717) is 11.8 Å². The van der Waals surface area contributed by atoms with Crippen LogP contribution in [-0.2, 0) is 4.79 Å². The lowest BCUT2D eigenvalue weighted by atomic mass is 9.94. The molecule has 1 N–H and O–H groups in total. The van der Waals surface area contributed by atoms with Crippen LogP contribution in [0.3, 0.4) is 0 Å². The van der Waals surface area contributed by atoms with Crippen molar-refractivity contribution < 1.29 is 4.79 Å². The Morgan fingerprint density at radius 2 is 2.26 bits per heavy atom. The van der Waals surface area contributed by atoms with Crippen LogP contribution >= 0.6 is 11.3 Å². The Hall–Kier alpha value is -1.79. The second-order valence-electron chi connectivity index (χ2n) is 6.70. The summed E-state index contributed by atoms with van der Waals surface area (Å²) in [6.45, 7) is 1.02. The Balaban J connectivity index is 1.45. The second-order valence-corrected chi connectivity index (χ2v) is 7.56. The van der Waals surface area contributed by atoms with Gasteiger partial charge in [-0.3, -0.25) is 14.7 Å². The van der Waals surface area contributed by atoms with E-state index in [9.17, 15) is 4.79 Å². The Bertz CT molecular complexity index is 746. The number of rotatable bonds is 2. The van der Waals surface area contributed by atoms with Crippen LogP contribution < -0.4 is 5.32 Å². The van der Waals surface area contributed by atoms with Crippen molar-refractivity contribution in [1.29, 1.82) is 0 Å². The highest BCUT2D eigenvalue weighted by Gasteiger charge is 2.54. The maximum Gasteiger partial charge on any atom is 0.239 e. The van der Waals surface area contributed by atoms with Gasteiger partial charge >= 0.3 is 0 Å². The molecule has 4 unspecified atom stereocenters. The number of nitrogens with one attached hydrogen (secondary N) is 1. The summed E-state index contributed by atoms with van der Waals surface area (Å²) in [6, 6.07) is 5.91. The molecule has 6 heteroatoms. The topological polar surface area (TPSA) is 58.1 Å². The summed E-state index contributed by atoms with van der Waals surface area (Å²) in [5, 5.41) is 6.14. The summed E-state index contributed by atoms with van der Waals surface area (Å²) in [5.74, 6) is 1.44. The summed E-state index contributed by atoms with van der Waals surface area (Å²) < 4.78 is 0. The number of hydrogen-bond acceptors (Lipinski definition) is 5. The molecule has 1 amide bonds. The number of hydrogen-bond donors (Lipinski definition) is 1. The molecule has 0 spiro atoms. The molecule has 5 rings (SSSR count). The number of carbonyl (C=O) groups is 1. The minimum absolute atomic E-state index is 0.0625. The van der Waals surface area contributed by atoms with Gasteiger partial charge in [-0.05, 0) is 36.8 Å². The van der Waals surface area contributed by atoms with Crippen LogP contribution in [-0.4, -0.2) is 33.4 Å². The molecule has 2 aromatic heterocycles. The van der Waals surface area contributed by atoms with E-state index in [2.05, 4.69) is 20.6 Å². The molecular weight excluding hydrogens is 308 g/mol. The maximum absolute atomic E-state index is 12.5. The number of nitrogens with zero attached hydrogens (tertiary/aromatic N) is 3. The first-order chi connectivity index (χ1) is 11.3. The highest BCUT2D eigenvalue weighted by molar-refractivity contribution is 7.13. The molecule has 23 heavy (non-hydrogen) atoms. The quantitative estimate of drug-likeness (QED) is 0.921. The summed E-state index contributed by atoms with van der Waals surface area (Å²) in [4.78, 5) is 23.9.